The molecule has 130 valence electrons. The Morgan fingerprint density at radius 3 is 2.48 bits per heavy atom. The number of aliphatic hydroxyl groups is 1. The molecule has 0 aromatic rings. The van der Waals surface area contributed by atoms with E-state index in [0.717, 1.165) is 19.3 Å². The molecule has 3 aliphatic rings. The Morgan fingerprint density at radius 1 is 1.22 bits per heavy atom. The summed E-state index contributed by atoms with van der Waals surface area (Å²) in [6.45, 7) is 14.6. The summed E-state index contributed by atoms with van der Waals surface area (Å²) in [5, 5.41) is 11.1. The van der Waals surface area contributed by atoms with Crippen LogP contribution in [0.25, 0.3) is 0 Å². The van der Waals surface area contributed by atoms with E-state index in [9.17, 15) is 9.90 Å². The lowest BCUT2D eigenvalue weighted by molar-refractivity contribution is -0.280. The van der Waals surface area contributed by atoms with Crippen molar-refractivity contribution in [2.75, 3.05) is 0 Å². The number of ketones is 1. The minimum Gasteiger partial charge on any atom is -0.393 e. The number of Topliss-reactive ketones (excluding diaryl/α,β-unsaturated/α-hetero) is 1. The highest BCUT2D eigenvalue weighted by Crippen LogP contribution is 2.64. The lowest BCUT2D eigenvalue weighted by atomic mass is 9.43. The Kier molecular flexibility index (Phi) is 3.67. The summed E-state index contributed by atoms with van der Waals surface area (Å²) in [5.41, 5.74) is -1.16. The number of aliphatic hydroxyl groups excluding tert-OH is 1. The smallest absolute Gasteiger partial charge is 0.138 e. The van der Waals surface area contributed by atoms with Crippen molar-refractivity contribution in [2.45, 2.75) is 84.0 Å². The predicted molar refractivity (Wildman–Crippen MR) is 91.1 cm³/mol. The third kappa shape index (κ3) is 2.26. The zero-order chi connectivity index (χ0) is 17.3. The highest BCUT2D eigenvalue weighted by Gasteiger charge is 2.65. The van der Waals surface area contributed by atoms with Gasteiger partial charge in [0.2, 0.25) is 0 Å². The van der Waals surface area contributed by atoms with Gasteiger partial charge in [0.1, 0.15) is 5.78 Å². The lowest BCUT2D eigenvalue weighted by Gasteiger charge is -2.65. The SMILES string of the molecule is C=C[C@@]1(C)C[C@H](O)[C@@H]2[C@]3(C)CCC(=O)C(C)(C)[C@@H]3CC[C@]2(C)O1. The number of rotatable bonds is 1. The van der Waals surface area contributed by atoms with Crippen LogP contribution in [0.1, 0.15) is 66.7 Å². The molecule has 3 fully saturated rings. The zero-order valence-electron chi connectivity index (χ0n) is 15.3. The molecule has 6 atom stereocenters. The van der Waals surface area contributed by atoms with E-state index in [1.807, 2.05) is 13.0 Å². The Labute approximate surface area is 140 Å². The molecule has 3 heteroatoms. The van der Waals surface area contributed by atoms with Crippen LogP contribution in [0.3, 0.4) is 0 Å². The number of carbonyl (C=O) groups is 1. The van der Waals surface area contributed by atoms with Crippen LogP contribution >= 0.6 is 0 Å². The Morgan fingerprint density at radius 2 is 1.87 bits per heavy atom. The standard InChI is InChI=1S/C20H32O3/c1-7-18(4)12-13(21)16-19(5)10-9-15(22)17(2,3)14(19)8-11-20(16,6)23-18/h7,13-14,16,21H,1,8-12H2,2-6H3/t13-,14-,16+,18-,19+,20-/m0/s1. The van der Waals surface area contributed by atoms with E-state index in [-0.39, 0.29) is 22.3 Å². The van der Waals surface area contributed by atoms with E-state index in [2.05, 4.69) is 34.3 Å². The number of hydrogen-bond donors (Lipinski definition) is 1. The maximum Gasteiger partial charge on any atom is 0.138 e. The molecule has 0 aromatic carbocycles. The van der Waals surface area contributed by atoms with Gasteiger partial charge >= 0.3 is 0 Å². The molecule has 0 radical (unpaired) electrons. The summed E-state index contributed by atoms with van der Waals surface area (Å²) in [7, 11) is 0. The molecule has 0 bridgehead atoms. The van der Waals surface area contributed by atoms with Gasteiger partial charge in [-0.1, -0.05) is 26.8 Å². The Bertz CT molecular complexity index is 539. The third-order valence-electron chi connectivity index (χ3n) is 7.47. The summed E-state index contributed by atoms with van der Waals surface area (Å²) >= 11 is 0. The minimum atomic E-state index is -0.464. The van der Waals surface area contributed by atoms with Gasteiger partial charge in [-0.15, -0.1) is 6.58 Å². The number of hydrogen-bond acceptors (Lipinski definition) is 3. The molecule has 2 aliphatic carbocycles. The number of ether oxygens (including phenoxy) is 1. The van der Waals surface area contributed by atoms with Gasteiger partial charge < -0.3 is 9.84 Å². The molecule has 1 heterocycles. The van der Waals surface area contributed by atoms with Gasteiger partial charge in [-0.2, -0.15) is 0 Å². The fourth-order valence-corrected chi connectivity index (χ4v) is 6.44. The first-order valence-electron chi connectivity index (χ1n) is 9.04. The van der Waals surface area contributed by atoms with Crippen molar-refractivity contribution in [1.29, 1.82) is 0 Å². The molecule has 0 unspecified atom stereocenters. The summed E-state index contributed by atoms with van der Waals surface area (Å²) in [6, 6.07) is 0. The molecular weight excluding hydrogens is 288 g/mol. The molecule has 1 aliphatic heterocycles. The van der Waals surface area contributed by atoms with E-state index in [4.69, 9.17) is 4.74 Å². The second-order valence-corrected chi connectivity index (χ2v) is 9.42. The average Bonchev–Trinajstić information content (AvgIpc) is 2.41. The van der Waals surface area contributed by atoms with Crippen molar-refractivity contribution < 1.29 is 14.6 Å². The summed E-state index contributed by atoms with van der Waals surface area (Å²) < 4.78 is 6.53. The topological polar surface area (TPSA) is 46.5 Å². The van der Waals surface area contributed by atoms with Crippen LogP contribution in [-0.4, -0.2) is 28.2 Å². The first-order chi connectivity index (χ1) is 10.5. The van der Waals surface area contributed by atoms with Gasteiger partial charge in [-0.05, 0) is 44.4 Å². The van der Waals surface area contributed by atoms with Crippen molar-refractivity contribution in [3.05, 3.63) is 12.7 Å². The second-order valence-electron chi connectivity index (χ2n) is 9.42. The Hall–Kier alpha value is -0.670. The first-order valence-corrected chi connectivity index (χ1v) is 9.04. The third-order valence-corrected chi connectivity index (χ3v) is 7.47. The summed E-state index contributed by atoms with van der Waals surface area (Å²) in [4.78, 5) is 12.5. The largest absolute Gasteiger partial charge is 0.393 e. The van der Waals surface area contributed by atoms with Crippen LogP contribution in [0.15, 0.2) is 12.7 Å². The van der Waals surface area contributed by atoms with Crippen molar-refractivity contribution in [2.24, 2.45) is 22.7 Å². The monoisotopic (exact) mass is 320 g/mol. The minimum absolute atomic E-state index is 0.0493. The quantitative estimate of drug-likeness (QED) is 0.746. The average molecular weight is 320 g/mol. The van der Waals surface area contributed by atoms with Gasteiger partial charge in [-0.3, -0.25) is 4.79 Å². The van der Waals surface area contributed by atoms with Crippen LogP contribution < -0.4 is 0 Å². The van der Waals surface area contributed by atoms with Crippen LogP contribution in [0.5, 0.6) is 0 Å². The Balaban J connectivity index is 2.03. The van der Waals surface area contributed by atoms with Crippen LogP contribution in [0.4, 0.5) is 0 Å². The summed E-state index contributed by atoms with van der Waals surface area (Å²) in [6.07, 6.45) is 5.39. The molecule has 1 N–H and O–H groups in total. The van der Waals surface area contributed by atoms with E-state index >= 15 is 0 Å². The van der Waals surface area contributed by atoms with Crippen molar-refractivity contribution >= 4 is 5.78 Å². The molecular formula is C20H32O3. The molecule has 0 amide bonds. The van der Waals surface area contributed by atoms with Gasteiger partial charge in [0, 0.05) is 24.2 Å². The molecule has 0 spiro atoms. The van der Waals surface area contributed by atoms with Crippen molar-refractivity contribution in [1.82, 2.24) is 0 Å². The van der Waals surface area contributed by atoms with Crippen molar-refractivity contribution in [3.8, 4) is 0 Å². The van der Waals surface area contributed by atoms with E-state index in [0.29, 0.717) is 24.5 Å². The van der Waals surface area contributed by atoms with E-state index in [1.165, 1.54) is 0 Å². The fraction of sp³-hybridized carbons (Fsp3) is 0.850. The van der Waals surface area contributed by atoms with Gasteiger partial charge in [-0.25, -0.2) is 0 Å². The second kappa shape index (κ2) is 4.92. The van der Waals surface area contributed by atoms with Crippen LogP contribution in [0.2, 0.25) is 0 Å². The van der Waals surface area contributed by atoms with E-state index in [1.54, 1.807) is 0 Å². The number of fused-ring (bicyclic) bond motifs is 3. The molecule has 3 nitrogen and oxygen atoms in total. The lowest BCUT2D eigenvalue weighted by Crippen LogP contribution is -2.67. The summed E-state index contributed by atoms with van der Waals surface area (Å²) in [5.74, 6) is 0.778. The maximum atomic E-state index is 12.5. The zero-order valence-corrected chi connectivity index (χ0v) is 15.3. The predicted octanol–water partition coefficient (Wildman–Crippen LogP) is 3.89. The highest BCUT2D eigenvalue weighted by molar-refractivity contribution is 5.85. The fourth-order valence-electron chi connectivity index (χ4n) is 6.44. The highest BCUT2D eigenvalue weighted by atomic mass is 16.5. The van der Waals surface area contributed by atoms with Crippen LogP contribution in [0, 0.1) is 22.7 Å². The first kappa shape index (κ1) is 17.2. The normalized spacial score (nSPS) is 52.4. The van der Waals surface area contributed by atoms with Crippen molar-refractivity contribution in [3.63, 3.8) is 0 Å². The van der Waals surface area contributed by atoms with Crippen LogP contribution in [-0.2, 0) is 9.53 Å². The maximum absolute atomic E-state index is 12.5. The molecule has 1 saturated heterocycles. The van der Waals surface area contributed by atoms with E-state index < -0.39 is 11.7 Å². The van der Waals surface area contributed by atoms with Gasteiger partial charge in [0.05, 0.1) is 17.3 Å². The molecule has 3 rings (SSSR count). The number of carbonyl (C=O) groups excluding carboxylic acids is 1. The molecule has 23 heavy (non-hydrogen) atoms. The molecule has 2 saturated carbocycles. The van der Waals surface area contributed by atoms with Gasteiger partial charge in [0.15, 0.2) is 0 Å². The molecule has 0 aromatic heterocycles. The van der Waals surface area contributed by atoms with Gasteiger partial charge in [0.25, 0.3) is 0 Å².